The third kappa shape index (κ3) is 4.65. The molecule has 0 aliphatic rings. The van der Waals surface area contributed by atoms with Gasteiger partial charge in [-0.15, -0.1) is 0 Å². The van der Waals surface area contributed by atoms with Crippen LogP contribution in [-0.4, -0.2) is 29.8 Å². The molecule has 0 fully saturated rings. The summed E-state index contributed by atoms with van der Waals surface area (Å²) in [4.78, 5) is 16.7. The quantitative estimate of drug-likeness (QED) is 0.392. The van der Waals surface area contributed by atoms with Crippen molar-refractivity contribution >= 4 is 5.97 Å². The molecule has 0 radical (unpaired) electrons. The summed E-state index contributed by atoms with van der Waals surface area (Å²) in [6.45, 7) is 7.16. The van der Waals surface area contributed by atoms with E-state index in [1.807, 2.05) is 0 Å². The molecule has 0 aliphatic carbocycles. The van der Waals surface area contributed by atoms with Gasteiger partial charge in [0.25, 0.3) is 5.89 Å². The first kappa shape index (κ1) is 21.0. The smallest absolute Gasteiger partial charge is 0.339 e. The average molecular weight is 412 g/mol. The molecule has 0 N–H and O–H groups in total. The Morgan fingerprint density at radius 1 is 1.27 bits per heavy atom. The summed E-state index contributed by atoms with van der Waals surface area (Å²) < 4.78 is 35.1. The van der Waals surface area contributed by atoms with E-state index in [2.05, 4.69) is 16.7 Å². The number of carbonyl (C=O) groups is 1. The van der Waals surface area contributed by atoms with E-state index < -0.39 is 12.1 Å². The number of hydrogen-bond donors (Lipinski definition) is 0. The van der Waals surface area contributed by atoms with Crippen molar-refractivity contribution in [3.63, 3.8) is 0 Å². The zero-order valence-corrected chi connectivity index (χ0v) is 16.8. The van der Waals surface area contributed by atoms with Crippen LogP contribution in [0.25, 0.3) is 11.4 Å². The summed E-state index contributed by atoms with van der Waals surface area (Å²) in [5, 5.41) is 3.84. The van der Waals surface area contributed by atoms with Crippen molar-refractivity contribution in [2.45, 2.75) is 20.0 Å². The van der Waals surface area contributed by atoms with E-state index in [0.717, 1.165) is 0 Å². The molecule has 0 spiro atoms. The number of carbonyl (C=O) groups excluding carboxylic acids is 1. The van der Waals surface area contributed by atoms with Crippen LogP contribution in [0.5, 0.6) is 11.5 Å². The van der Waals surface area contributed by atoms with Gasteiger partial charge >= 0.3 is 5.97 Å². The monoisotopic (exact) mass is 412 g/mol. The van der Waals surface area contributed by atoms with Crippen LogP contribution in [0.2, 0.25) is 0 Å². The Balaban J connectivity index is 1.72. The molecule has 2 aromatic carbocycles. The fourth-order valence-electron chi connectivity index (χ4n) is 2.59. The third-order valence-corrected chi connectivity index (χ3v) is 4.26. The SMILES string of the molecule is C=CCOc1ccc(C(=O)OC(C)c2nc(-c3ccc(C)c(F)c3)no2)cc1OC. The molecule has 8 heteroatoms. The summed E-state index contributed by atoms with van der Waals surface area (Å²) in [6, 6.07) is 9.32. The summed E-state index contributed by atoms with van der Waals surface area (Å²) in [6.07, 6.45) is 0.796. The Labute approximate surface area is 173 Å². The van der Waals surface area contributed by atoms with Crippen LogP contribution in [0.4, 0.5) is 4.39 Å². The molecule has 1 heterocycles. The first-order chi connectivity index (χ1) is 14.4. The second-order valence-corrected chi connectivity index (χ2v) is 6.43. The molecule has 1 atom stereocenters. The van der Waals surface area contributed by atoms with Gasteiger partial charge in [0.05, 0.1) is 12.7 Å². The van der Waals surface area contributed by atoms with Crippen molar-refractivity contribution in [2.24, 2.45) is 0 Å². The average Bonchev–Trinajstić information content (AvgIpc) is 3.24. The highest BCUT2D eigenvalue weighted by atomic mass is 19.1. The van der Waals surface area contributed by atoms with Crippen LogP contribution in [-0.2, 0) is 4.74 Å². The number of halogens is 1. The van der Waals surface area contributed by atoms with Gasteiger partial charge in [-0.25, -0.2) is 9.18 Å². The molecule has 0 bridgehead atoms. The zero-order valence-electron chi connectivity index (χ0n) is 16.8. The normalized spacial score (nSPS) is 11.6. The van der Waals surface area contributed by atoms with Gasteiger partial charge in [-0.05, 0) is 43.7 Å². The van der Waals surface area contributed by atoms with E-state index in [9.17, 15) is 9.18 Å². The molecule has 7 nitrogen and oxygen atoms in total. The predicted octanol–water partition coefficient (Wildman–Crippen LogP) is 4.68. The Kier molecular flexibility index (Phi) is 6.46. The highest BCUT2D eigenvalue weighted by Crippen LogP contribution is 2.29. The molecule has 1 aromatic heterocycles. The first-order valence-corrected chi connectivity index (χ1v) is 9.15. The van der Waals surface area contributed by atoms with E-state index in [0.29, 0.717) is 29.2 Å². The van der Waals surface area contributed by atoms with Gasteiger partial charge in [0, 0.05) is 5.56 Å². The Morgan fingerprint density at radius 3 is 2.77 bits per heavy atom. The summed E-state index contributed by atoms with van der Waals surface area (Å²) in [5.74, 6) is 0.203. The largest absolute Gasteiger partial charge is 0.493 e. The summed E-state index contributed by atoms with van der Waals surface area (Å²) in [5.41, 5.74) is 1.25. The fraction of sp³-hybridized carbons (Fsp3) is 0.227. The van der Waals surface area contributed by atoms with Gasteiger partial charge in [0.15, 0.2) is 17.6 Å². The van der Waals surface area contributed by atoms with Crippen LogP contribution >= 0.6 is 0 Å². The summed E-state index contributed by atoms with van der Waals surface area (Å²) in [7, 11) is 1.47. The highest BCUT2D eigenvalue weighted by molar-refractivity contribution is 5.90. The molecule has 0 saturated heterocycles. The summed E-state index contributed by atoms with van der Waals surface area (Å²) >= 11 is 0. The van der Waals surface area contributed by atoms with Crippen molar-refractivity contribution in [1.82, 2.24) is 10.1 Å². The maximum Gasteiger partial charge on any atom is 0.339 e. The van der Waals surface area contributed by atoms with E-state index in [4.69, 9.17) is 18.7 Å². The lowest BCUT2D eigenvalue weighted by molar-refractivity contribution is 0.0265. The Morgan fingerprint density at radius 2 is 2.07 bits per heavy atom. The molecule has 0 saturated carbocycles. The standard InChI is InChI=1S/C22H21FN2O5/c1-5-10-28-18-9-8-16(12-19(18)27-4)22(26)29-14(3)21-24-20(25-30-21)15-7-6-13(2)17(23)11-15/h5-9,11-12,14H,1,10H2,2-4H3. The second-order valence-electron chi connectivity index (χ2n) is 6.43. The topological polar surface area (TPSA) is 83.7 Å². The first-order valence-electron chi connectivity index (χ1n) is 9.15. The highest BCUT2D eigenvalue weighted by Gasteiger charge is 2.21. The van der Waals surface area contributed by atoms with Crippen LogP contribution in [0.1, 0.15) is 34.8 Å². The molecule has 3 rings (SSSR count). The number of ether oxygens (including phenoxy) is 3. The molecule has 0 aliphatic heterocycles. The Hall–Kier alpha value is -3.68. The van der Waals surface area contributed by atoms with E-state index in [1.54, 1.807) is 44.2 Å². The zero-order chi connectivity index (χ0) is 21.7. The van der Waals surface area contributed by atoms with E-state index >= 15 is 0 Å². The molecular weight excluding hydrogens is 391 g/mol. The Bertz CT molecular complexity index is 1060. The van der Waals surface area contributed by atoms with Crippen LogP contribution < -0.4 is 9.47 Å². The fourth-order valence-corrected chi connectivity index (χ4v) is 2.59. The van der Waals surface area contributed by atoms with Gasteiger partial charge in [0.2, 0.25) is 5.82 Å². The number of aryl methyl sites for hydroxylation is 1. The van der Waals surface area contributed by atoms with Crippen molar-refractivity contribution in [3.8, 4) is 22.9 Å². The number of methoxy groups -OCH3 is 1. The van der Waals surface area contributed by atoms with Gasteiger partial charge in [-0.1, -0.05) is 29.9 Å². The van der Waals surface area contributed by atoms with Gasteiger partial charge < -0.3 is 18.7 Å². The number of rotatable bonds is 8. The number of nitrogens with zero attached hydrogens (tertiary/aromatic N) is 2. The van der Waals surface area contributed by atoms with Crippen molar-refractivity contribution in [1.29, 1.82) is 0 Å². The van der Waals surface area contributed by atoms with E-state index in [-0.39, 0.29) is 23.1 Å². The lowest BCUT2D eigenvalue weighted by atomic mass is 10.1. The number of hydrogen-bond acceptors (Lipinski definition) is 7. The lowest BCUT2D eigenvalue weighted by Crippen LogP contribution is -2.10. The maximum absolute atomic E-state index is 13.8. The van der Waals surface area contributed by atoms with Gasteiger partial charge in [-0.2, -0.15) is 4.98 Å². The molecule has 156 valence electrons. The lowest BCUT2D eigenvalue weighted by Gasteiger charge is -2.12. The number of benzene rings is 2. The molecular formula is C22H21FN2O5. The van der Waals surface area contributed by atoms with Crippen LogP contribution in [0.3, 0.4) is 0 Å². The molecule has 1 unspecified atom stereocenters. The minimum atomic E-state index is -0.809. The van der Waals surface area contributed by atoms with Crippen LogP contribution in [0.15, 0.2) is 53.6 Å². The number of aromatic nitrogens is 2. The van der Waals surface area contributed by atoms with Gasteiger partial charge in [0.1, 0.15) is 12.4 Å². The van der Waals surface area contributed by atoms with Crippen molar-refractivity contribution in [3.05, 3.63) is 71.9 Å². The van der Waals surface area contributed by atoms with Crippen molar-refractivity contribution in [2.75, 3.05) is 13.7 Å². The maximum atomic E-state index is 13.8. The number of esters is 1. The van der Waals surface area contributed by atoms with Gasteiger partial charge in [-0.3, -0.25) is 0 Å². The molecule has 3 aromatic rings. The second kappa shape index (κ2) is 9.21. The third-order valence-electron chi connectivity index (χ3n) is 4.26. The molecule has 0 amide bonds. The minimum Gasteiger partial charge on any atom is -0.493 e. The predicted molar refractivity (Wildman–Crippen MR) is 107 cm³/mol. The van der Waals surface area contributed by atoms with Crippen LogP contribution in [0, 0.1) is 12.7 Å². The van der Waals surface area contributed by atoms with Crippen molar-refractivity contribution < 1.29 is 27.9 Å². The molecule has 30 heavy (non-hydrogen) atoms. The minimum absolute atomic E-state index is 0.0947. The van der Waals surface area contributed by atoms with E-state index in [1.165, 1.54) is 19.2 Å².